The first kappa shape index (κ1) is 13.8. The van der Waals surface area contributed by atoms with Gasteiger partial charge in [-0.1, -0.05) is 25.4 Å². The SMILES string of the molecule is CC1CC(C)CC(N)(Cc2cc(Cl)ccc2F)C1. The molecule has 1 fully saturated rings. The van der Waals surface area contributed by atoms with E-state index >= 15 is 0 Å². The standard InChI is InChI=1S/C15H21ClFN/c1-10-5-11(2)8-15(18,7-10)9-12-6-13(16)3-4-14(12)17/h3-4,6,10-11H,5,7-9,18H2,1-2H3. The van der Waals surface area contributed by atoms with Crippen LogP contribution in [0, 0.1) is 17.7 Å². The van der Waals surface area contributed by atoms with Crippen LogP contribution in [-0.4, -0.2) is 5.54 Å². The van der Waals surface area contributed by atoms with E-state index < -0.39 is 0 Å². The Kier molecular flexibility index (Phi) is 3.98. The highest BCUT2D eigenvalue weighted by Crippen LogP contribution is 2.37. The van der Waals surface area contributed by atoms with E-state index in [1.807, 2.05) is 0 Å². The average molecular weight is 270 g/mol. The van der Waals surface area contributed by atoms with Gasteiger partial charge in [-0.15, -0.1) is 0 Å². The molecular formula is C15H21ClFN. The second kappa shape index (κ2) is 5.18. The molecule has 3 heteroatoms. The van der Waals surface area contributed by atoms with Gasteiger partial charge in [-0.3, -0.25) is 0 Å². The maximum Gasteiger partial charge on any atom is 0.126 e. The van der Waals surface area contributed by atoms with Crippen molar-refractivity contribution in [3.8, 4) is 0 Å². The van der Waals surface area contributed by atoms with Gasteiger partial charge in [0.05, 0.1) is 0 Å². The molecule has 1 aliphatic rings. The van der Waals surface area contributed by atoms with Gasteiger partial charge >= 0.3 is 0 Å². The highest BCUT2D eigenvalue weighted by molar-refractivity contribution is 6.30. The van der Waals surface area contributed by atoms with Crippen molar-refractivity contribution in [2.45, 2.75) is 45.1 Å². The summed E-state index contributed by atoms with van der Waals surface area (Å²) in [6, 6.07) is 4.71. The number of hydrogen-bond acceptors (Lipinski definition) is 1. The van der Waals surface area contributed by atoms with Crippen molar-refractivity contribution in [3.05, 3.63) is 34.6 Å². The number of nitrogens with two attached hydrogens (primary N) is 1. The number of halogens is 2. The summed E-state index contributed by atoms with van der Waals surface area (Å²) in [6.07, 6.45) is 3.72. The van der Waals surface area contributed by atoms with Crippen LogP contribution in [0.1, 0.15) is 38.7 Å². The molecule has 0 bridgehead atoms. The minimum absolute atomic E-state index is 0.199. The first-order chi connectivity index (χ1) is 8.38. The zero-order chi connectivity index (χ0) is 13.3. The molecule has 0 spiro atoms. The molecule has 100 valence electrons. The molecule has 1 aliphatic carbocycles. The van der Waals surface area contributed by atoms with Crippen molar-refractivity contribution >= 4 is 11.6 Å². The molecule has 1 aromatic carbocycles. The highest BCUT2D eigenvalue weighted by atomic mass is 35.5. The fraction of sp³-hybridized carbons (Fsp3) is 0.600. The third-order valence-corrected chi connectivity index (χ3v) is 4.10. The van der Waals surface area contributed by atoms with Gasteiger partial charge in [0.25, 0.3) is 0 Å². The summed E-state index contributed by atoms with van der Waals surface area (Å²) in [5.41, 5.74) is 6.84. The molecular weight excluding hydrogens is 249 g/mol. The van der Waals surface area contributed by atoms with Gasteiger partial charge in [-0.25, -0.2) is 4.39 Å². The molecule has 1 nitrogen and oxygen atoms in total. The zero-order valence-electron chi connectivity index (χ0n) is 11.0. The highest BCUT2D eigenvalue weighted by Gasteiger charge is 2.35. The monoisotopic (exact) mass is 269 g/mol. The Morgan fingerprint density at radius 1 is 1.33 bits per heavy atom. The third-order valence-electron chi connectivity index (χ3n) is 3.86. The van der Waals surface area contributed by atoms with Gasteiger partial charge in [0.1, 0.15) is 5.82 Å². The van der Waals surface area contributed by atoms with Gasteiger partial charge in [-0.2, -0.15) is 0 Å². The molecule has 0 aromatic heterocycles. The van der Waals surface area contributed by atoms with Crippen molar-refractivity contribution < 1.29 is 4.39 Å². The third kappa shape index (κ3) is 3.24. The minimum atomic E-state index is -0.289. The summed E-state index contributed by atoms with van der Waals surface area (Å²) in [7, 11) is 0. The molecule has 2 N–H and O–H groups in total. The van der Waals surface area contributed by atoms with Crippen LogP contribution in [0.4, 0.5) is 4.39 Å². The van der Waals surface area contributed by atoms with Crippen molar-refractivity contribution in [2.24, 2.45) is 17.6 Å². The normalized spacial score (nSPS) is 32.5. The van der Waals surface area contributed by atoms with Crippen LogP contribution in [0.5, 0.6) is 0 Å². The van der Waals surface area contributed by atoms with Gasteiger partial charge in [-0.05, 0) is 61.3 Å². The Labute approximate surface area is 114 Å². The lowest BCUT2D eigenvalue weighted by Gasteiger charge is -2.40. The summed E-state index contributed by atoms with van der Waals surface area (Å²) in [5, 5.41) is 0.576. The van der Waals surface area contributed by atoms with Crippen molar-refractivity contribution in [3.63, 3.8) is 0 Å². The summed E-state index contributed by atoms with van der Waals surface area (Å²) >= 11 is 5.93. The lowest BCUT2D eigenvalue weighted by Crippen LogP contribution is -2.48. The van der Waals surface area contributed by atoms with Gasteiger partial charge < -0.3 is 5.73 Å². The predicted molar refractivity (Wildman–Crippen MR) is 74.2 cm³/mol. The first-order valence-corrected chi connectivity index (χ1v) is 6.98. The minimum Gasteiger partial charge on any atom is -0.325 e. The van der Waals surface area contributed by atoms with E-state index in [9.17, 15) is 4.39 Å². The number of benzene rings is 1. The van der Waals surface area contributed by atoms with Gasteiger partial charge in [0, 0.05) is 10.6 Å². The molecule has 0 radical (unpaired) electrons. The summed E-state index contributed by atoms with van der Waals surface area (Å²) in [5.74, 6) is 1.03. The molecule has 1 saturated carbocycles. The molecule has 18 heavy (non-hydrogen) atoms. The van der Waals surface area contributed by atoms with Crippen LogP contribution >= 0.6 is 11.6 Å². The molecule has 1 aromatic rings. The second-order valence-corrected chi connectivity index (χ2v) is 6.57. The van der Waals surface area contributed by atoms with E-state index in [0.717, 1.165) is 12.8 Å². The fourth-order valence-corrected chi connectivity index (χ4v) is 3.72. The molecule has 2 unspecified atom stereocenters. The zero-order valence-corrected chi connectivity index (χ0v) is 11.8. The van der Waals surface area contributed by atoms with Crippen LogP contribution in [0.15, 0.2) is 18.2 Å². The van der Waals surface area contributed by atoms with Crippen LogP contribution < -0.4 is 5.73 Å². The van der Waals surface area contributed by atoms with Crippen LogP contribution in [0.3, 0.4) is 0 Å². The van der Waals surface area contributed by atoms with Crippen LogP contribution in [0.25, 0.3) is 0 Å². The predicted octanol–water partition coefficient (Wildman–Crippen LogP) is 4.18. The van der Waals surface area contributed by atoms with Crippen molar-refractivity contribution in [2.75, 3.05) is 0 Å². The first-order valence-electron chi connectivity index (χ1n) is 6.61. The maximum atomic E-state index is 13.8. The summed E-state index contributed by atoms with van der Waals surface area (Å²) in [6.45, 7) is 4.46. The van der Waals surface area contributed by atoms with Gasteiger partial charge in [0.2, 0.25) is 0 Å². The van der Waals surface area contributed by atoms with Crippen molar-refractivity contribution in [1.29, 1.82) is 0 Å². The topological polar surface area (TPSA) is 26.0 Å². The quantitative estimate of drug-likeness (QED) is 0.857. The summed E-state index contributed by atoms with van der Waals surface area (Å²) in [4.78, 5) is 0. The van der Waals surface area contributed by atoms with E-state index in [1.165, 1.54) is 12.5 Å². The van der Waals surface area contributed by atoms with E-state index in [2.05, 4.69) is 13.8 Å². The largest absolute Gasteiger partial charge is 0.325 e. The molecule has 2 rings (SSSR count). The van der Waals surface area contributed by atoms with Gasteiger partial charge in [0.15, 0.2) is 0 Å². The van der Waals surface area contributed by atoms with Crippen LogP contribution in [-0.2, 0) is 6.42 Å². The Morgan fingerprint density at radius 3 is 2.56 bits per heavy atom. The molecule has 2 atom stereocenters. The Bertz CT molecular complexity index is 423. The van der Waals surface area contributed by atoms with E-state index in [0.29, 0.717) is 28.8 Å². The van der Waals surface area contributed by atoms with Crippen LogP contribution in [0.2, 0.25) is 5.02 Å². The average Bonchev–Trinajstić information content (AvgIpc) is 2.21. The second-order valence-electron chi connectivity index (χ2n) is 6.13. The van der Waals surface area contributed by atoms with E-state index in [-0.39, 0.29) is 11.4 Å². The van der Waals surface area contributed by atoms with Crippen molar-refractivity contribution in [1.82, 2.24) is 0 Å². The number of hydrogen-bond donors (Lipinski definition) is 1. The molecule has 0 amide bonds. The lowest BCUT2D eigenvalue weighted by molar-refractivity contribution is 0.181. The Hall–Kier alpha value is -0.600. The van der Waals surface area contributed by atoms with E-state index in [1.54, 1.807) is 12.1 Å². The molecule has 0 aliphatic heterocycles. The van der Waals surface area contributed by atoms with E-state index in [4.69, 9.17) is 17.3 Å². The Balaban J connectivity index is 2.18. The maximum absolute atomic E-state index is 13.8. The summed E-state index contributed by atoms with van der Waals surface area (Å²) < 4.78 is 13.8. The molecule has 0 heterocycles. The molecule has 0 saturated heterocycles. The lowest BCUT2D eigenvalue weighted by atomic mass is 9.70. The smallest absolute Gasteiger partial charge is 0.126 e. The number of rotatable bonds is 2. The Morgan fingerprint density at radius 2 is 1.94 bits per heavy atom. The fourth-order valence-electron chi connectivity index (χ4n) is 3.53.